The zero-order valence-corrected chi connectivity index (χ0v) is 13.7. The second-order valence-electron chi connectivity index (χ2n) is 6.27. The minimum absolute atomic E-state index is 0.308. The van der Waals surface area contributed by atoms with Gasteiger partial charge < -0.3 is 4.74 Å². The Balaban J connectivity index is 2.00. The second-order valence-corrected chi connectivity index (χ2v) is 6.27. The monoisotopic (exact) mass is 287 g/mol. The highest BCUT2D eigenvalue weighted by molar-refractivity contribution is 5.13. The zero-order chi connectivity index (χ0) is 15.2. The lowest BCUT2D eigenvalue weighted by atomic mass is 9.79. The molecule has 1 fully saturated rings. The molecule has 0 saturated carbocycles. The van der Waals surface area contributed by atoms with E-state index in [9.17, 15) is 0 Å². The van der Waals surface area contributed by atoms with Crippen LogP contribution in [0.3, 0.4) is 0 Å². The summed E-state index contributed by atoms with van der Waals surface area (Å²) in [4.78, 5) is 2.54. The summed E-state index contributed by atoms with van der Waals surface area (Å²) in [5.41, 5.74) is 1.25. The summed E-state index contributed by atoms with van der Waals surface area (Å²) in [5.74, 6) is 1.25. The third-order valence-corrected chi connectivity index (χ3v) is 4.99. The lowest BCUT2D eigenvalue weighted by Gasteiger charge is -2.46. The molecule has 1 heterocycles. The SMILES string of the molecule is C=CCN1CC(OCc2ccccc2)C(C)C(C)C1CC. The van der Waals surface area contributed by atoms with Gasteiger partial charge >= 0.3 is 0 Å². The fourth-order valence-electron chi connectivity index (χ4n) is 3.54. The number of nitrogens with zero attached hydrogens (tertiary/aromatic N) is 1. The van der Waals surface area contributed by atoms with Crippen molar-refractivity contribution in [1.82, 2.24) is 4.90 Å². The van der Waals surface area contributed by atoms with E-state index in [4.69, 9.17) is 4.74 Å². The lowest BCUT2D eigenvalue weighted by Crippen LogP contribution is -2.54. The quantitative estimate of drug-likeness (QED) is 0.730. The van der Waals surface area contributed by atoms with Crippen molar-refractivity contribution < 1.29 is 4.74 Å². The van der Waals surface area contributed by atoms with Crippen LogP contribution in [-0.4, -0.2) is 30.1 Å². The van der Waals surface area contributed by atoms with E-state index in [0.717, 1.165) is 13.1 Å². The van der Waals surface area contributed by atoms with Crippen LogP contribution >= 0.6 is 0 Å². The number of hydrogen-bond acceptors (Lipinski definition) is 2. The van der Waals surface area contributed by atoms with Crippen LogP contribution in [0.5, 0.6) is 0 Å². The Morgan fingerprint density at radius 2 is 1.95 bits per heavy atom. The van der Waals surface area contributed by atoms with Crippen molar-refractivity contribution in [3.05, 3.63) is 48.6 Å². The molecule has 4 atom stereocenters. The van der Waals surface area contributed by atoms with E-state index in [2.05, 4.69) is 56.5 Å². The number of ether oxygens (including phenoxy) is 1. The van der Waals surface area contributed by atoms with Crippen molar-refractivity contribution in [2.24, 2.45) is 11.8 Å². The molecule has 1 aromatic rings. The Morgan fingerprint density at radius 3 is 2.57 bits per heavy atom. The molecular weight excluding hydrogens is 258 g/mol. The van der Waals surface area contributed by atoms with Gasteiger partial charge in [-0.3, -0.25) is 4.90 Å². The molecule has 1 aliphatic rings. The Labute approximate surface area is 129 Å². The number of piperidine rings is 1. The smallest absolute Gasteiger partial charge is 0.0735 e. The van der Waals surface area contributed by atoms with Gasteiger partial charge in [-0.2, -0.15) is 0 Å². The van der Waals surface area contributed by atoms with Crippen molar-refractivity contribution in [2.45, 2.75) is 45.9 Å². The van der Waals surface area contributed by atoms with Crippen molar-refractivity contribution in [1.29, 1.82) is 0 Å². The Bertz CT molecular complexity index is 430. The fraction of sp³-hybridized carbons (Fsp3) is 0.579. The normalized spacial score (nSPS) is 30.2. The van der Waals surface area contributed by atoms with Gasteiger partial charge in [0.1, 0.15) is 0 Å². The zero-order valence-electron chi connectivity index (χ0n) is 13.7. The minimum atomic E-state index is 0.308. The van der Waals surface area contributed by atoms with E-state index in [-0.39, 0.29) is 0 Å². The van der Waals surface area contributed by atoms with Gasteiger partial charge in [-0.15, -0.1) is 6.58 Å². The molecule has 0 N–H and O–H groups in total. The van der Waals surface area contributed by atoms with Crippen molar-refractivity contribution in [2.75, 3.05) is 13.1 Å². The van der Waals surface area contributed by atoms with Crippen LogP contribution in [0.2, 0.25) is 0 Å². The predicted molar refractivity (Wildman–Crippen MR) is 89.2 cm³/mol. The van der Waals surface area contributed by atoms with E-state index in [1.54, 1.807) is 0 Å². The van der Waals surface area contributed by atoms with Gasteiger partial charge in [0.15, 0.2) is 0 Å². The van der Waals surface area contributed by atoms with E-state index in [1.165, 1.54) is 12.0 Å². The van der Waals surface area contributed by atoms with E-state index in [1.807, 2.05) is 12.1 Å². The highest BCUT2D eigenvalue weighted by Crippen LogP contribution is 2.32. The maximum absolute atomic E-state index is 6.25. The first-order valence-electron chi connectivity index (χ1n) is 8.17. The third kappa shape index (κ3) is 3.96. The molecule has 0 amide bonds. The molecule has 0 aliphatic carbocycles. The molecule has 0 aromatic heterocycles. The molecule has 116 valence electrons. The highest BCUT2D eigenvalue weighted by Gasteiger charge is 2.37. The van der Waals surface area contributed by atoms with E-state index in [0.29, 0.717) is 30.6 Å². The van der Waals surface area contributed by atoms with Gasteiger partial charge in [-0.1, -0.05) is 57.2 Å². The first-order chi connectivity index (χ1) is 10.2. The van der Waals surface area contributed by atoms with Crippen LogP contribution in [0.15, 0.2) is 43.0 Å². The Hall–Kier alpha value is -1.12. The maximum atomic E-state index is 6.25. The molecule has 1 aromatic carbocycles. The molecule has 2 nitrogen and oxygen atoms in total. The fourth-order valence-corrected chi connectivity index (χ4v) is 3.54. The summed E-state index contributed by atoms with van der Waals surface area (Å²) < 4.78 is 6.25. The molecule has 0 spiro atoms. The molecule has 0 radical (unpaired) electrons. The summed E-state index contributed by atoms with van der Waals surface area (Å²) >= 11 is 0. The summed E-state index contributed by atoms with van der Waals surface area (Å²) in [7, 11) is 0. The van der Waals surface area contributed by atoms with Crippen LogP contribution in [0, 0.1) is 11.8 Å². The maximum Gasteiger partial charge on any atom is 0.0735 e. The molecule has 2 heteroatoms. The molecule has 4 unspecified atom stereocenters. The largest absolute Gasteiger partial charge is 0.372 e. The van der Waals surface area contributed by atoms with Crippen LogP contribution in [-0.2, 0) is 11.3 Å². The molecular formula is C19H29NO. The Morgan fingerprint density at radius 1 is 1.24 bits per heavy atom. The van der Waals surface area contributed by atoms with Gasteiger partial charge in [0.25, 0.3) is 0 Å². The van der Waals surface area contributed by atoms with E-state index >= 15 is 0 Å². The summed E-state index contributed by atoms with van der Waals surface area (Å²) in [6.45, 7) is 13.6. The summed E-state index contributed by atoms with van der Waals surface area (Å²) in [6, 6.07) is 11.1. The summed E-state index contributed by atoms with van der Waals surface area (Å²) in [6.07, 6.45) is 3.52. The second kappa shape index (κ2) is 7.77. The van der Waals surface area contributed by atoms with Gasteiger partial charge in [-0.25, -0.2) is 0 Å². The molecule has 2 rings (SSSR count). The first kappa shape index (κ1) is 16.3. The van der Waals surface area contributed by atoms with Crippen molar-refractivity contribution >= 4 is 0 Å². The topological polar surface area (TPSA) is 12.5 Å². The molecule has 1 aliphatic heterocycles. The van der Waals surface area contributed by atoms with Gasteiger partial charge in [-0.05, 0) is 23.8 Å². The minimum Gasteiger partial charge on any atom is -0.372 e. The average Bonchev–Trinajstić information content (AvgIpc) is 2.51. The molecule has 1 saturated heterocycles. The molecule has 21 heavy (non-hydrogen) atoms. The highest BCUT2D eigenvalue weighted by atomic mass is 16.5. The van der Waals surface area contributed by atoms with Crippen LogP contribution < -0.4 is 0 Å². The summed E-state index contributed by atoms with van der Waals surface area (Å²) in [5, 5.41) is 0. The number of likely N-dealkylation sites (tertiary alicyclic amines) is 1. The number of hydrogen-bond donors (Lipinski definition) is 0. The van der Waals surface area contributed by atoms with Gasteiger partial charge in [0.2, 0.25) is 0 Å². The van der Waals surface area contributed by atoms with Gasteiger partial charge in [0, 0.05) is 19.1 Å². The number of rotatable bonds is 6. The van der Waals surface area contributed by atoms with E-state index < -0.39 is 0 Å². The average molecular weight is 287 g/mol. The van der Waals surface area contributed by atoms with Crippen LogP contribution in [0.4, 0.5) is 0 Å². The number of benzene rings is 1. The Kier molecular flexibility index (Phi) is 6.01. The van der Waals surface area contributed by atoms with Crippen LogP contribution in [0.1, 0.15) is 32.8 Å². The molecule has 0 bridgehead atoms. The first-order valence-corrected chi connectivity index (χ1v) is 8.17. The van der Waals surface area contributed by atoms with Crippen LogP contribution in [0.25, 0.3) is 0 Å². The standard InChI is InChI=1S/C19H29NO/c1-5-12-20-13-19(16(4)15(3)18(20)6-2)21-14-17-10-8-7-9-11-17/h5,7-11,15-16,18-19H,1,6,12-14H2,2-4H3. The van der Waals surface area contributed by atoms with Gasteiger partial charge in [0.05, 0.1) is 12.7 Å². The third-order valence-electron chi connectivity index (χ3n) is 4.99. The lowest BCUT2D eigenvalue weighted by molar-refractivity contribution is -0.0819. The van der Waals surface area contributed by atoms with Crippen molar-refractivity contribution in [3.8, 4) is 0 Å². The predicted octanol–water partition coefficient (Wildman–Crippen LogP) is 4.12. The van der Waals surface area contributed by atoms with Crippen molar-refractivity contribution in [3.63, 3.8) is 0 Å².